The van der Waals surface area contributed by atoms with Crippen molar-refractivity contribution < 1.29 is 0 Å². The third-order valence-corrected chi connectivity index (χ3v) is 4.10. The summed E-state index contributed by atoms with van der Waals surface area (Å²) in [6.45, 7) is 11.3. The third kappa shape index (κ3) is 6.50. The van der Waals surface area contributed by atoms with E-state index in [9.17, 15) is 0 Å². The highest BCUT2D eigenvalue weighted by Gasteiger charge is 2.11. The molecule has 120 valence electrons. The molecule has 0 fully saturated rings. The van der Waals surface area contributed by atoms with Gasteiger partial charge in [-0.1, -0.05) is 38.5 Å². The van der Waals surface area contributed by atoms with Crippen LogP contribution in [0.2, 0.25) is 0 Å². The van der Waals surface area contributed by atoms with Gasteiger partial charge in [0.05, 0.1) is 0 Å². The predicted octanol–water partition coefficient (Wildman–Crippen LogP) is 3.82. The number of aromatic nitrogens is 3. The summed E-state index contributed by atoms with van der Waals surface area (Å²) >= 11 is 1.73. The van der Waals surface area contributed by atoms with Gasteiger partial charge in [-0.25, -0.2) is 0 Å². The van der Waals surface area contributed by atoms with E-state index >= 15 is 0 Å². The number of anilines is 2. The van der Waals surface area contributed by atoms with Crippen LogP contribution in [0.25, 0.3) is 0 Å². The first-order chi connectivity index (χ1) is 10.2. The van der Waals surface area contributed by atoms with Gasteiger partial charge in [0.15, 0.2) is 5.16 Å². The van der Waals surface area contributed by atoms with Crippen molar-refractivity contribution in [2.45, 2.75) is 58.5 Å². The maximum Gasteiger partial charge on any atom is 0.231 e. The van der Waals surface area contributed by atoms with Gasteiger partial charge < -0.3 is 10.2 Å². The van der Waals surface area contributed by atoms with E-state index in [1.54, 1.807) is 11.8 Å². The molecule has 1 heterocycles. The molecule has 0 saturated heterocycles. The Kier molecular flexibility index (Phi) is 9.14. The van der Waals surface area contributed by atoms with Crippen LogP contribution in [0.3, 0.4) is 0 Å². The molecule has 0 aliphatic heterocycles. The Morgan fingerprint density at radius 2 is 1.71 bits per heavy atom. The molecule has 0 radical (unpaired) electrons. The van der Waals surface area contributed by atoms with Crippen molar-refractivity contribution in [3.63, 3.8) is 0 Å². The average Bonchev–Trinajstić information content (AvgIpc) is 2.51. The van der Waals surface area contributed by atoms with Gasteiger partial charge in [0.1, 0.15) is 0 Å². The lowest BCUT2D eigenvalue weighted by Crippen LogP contribution is -2.25. The molecular formula is C15H29N5S. The zero-order chi connectivity index (χ0) is 15.5. The minimum Gasteiger partial charge on any atom is -0.354 e. The first-order valence-corrected chi connectivity index (χ1v) is 9.11. The molecule has 0 spiro atoms. The molecule has 1 aromatic heterocycles. The van der Waals surface area contributed by atoms with Crippen LogP contribution in [0.15, 0.2) is 5.16 Å². The molecule has 0 unspecified atom stereocenters. The second-order valence-electron chi connectivity index (χ2n) is 4.90. The Balaban J connectivity index is 2.81. The SMILES string of the molecule is CCCCCSc1nc(NCCC)nc(N(CC)CC)n1. The first-order valence-electron chi connectivity index (χ1n) is 8.12. The minimum absolute atomic E-state index is 0.701. The molecule has 0 aliphatic carbocycles. The van der Waals surface area contributed by atoms with Gasteiger partial charge in [-0.2, -0.15) is 15.0 Å². The highest BCUT2D eigenvalue weighted by atomic mass is 32.2. The van der Waals surface area contributed by atoms with Gasteiger partial charge in [-0.05, 0) is 26.7 Å². The van der Waals surface area contributed by atoms with E-state index in [0.717, 1.165) is 42.9 Å². The maximum atomic E-state index is 4.61. The van der Waals surface area contributed by atoms with Crippen LogP contribution in [0.1, 0.15) is 53.4 Å². The molecule has 0 saturated carbocycles. The van der Waals surface area contributed by atoms with E-state index in [0.29, 0.717) is 5.95 Å². The normalized spacial score (nSPS) is 10.7. The number of thioether (sulfide) groups is 1. The Morgan fingerprint density at radius 1 is 0.952 bits per heavy atom. The number of rotatable bonds is 11. The number of nitrogens with one attached hydrogen (secondary N) is 1. The van der Waals surface area contributed by atoms with E-state index in [-0.39, 0.29) is 0 Å². The second kappa shape index (κ2) is 10.7. The Hall–Kier alpha value is -1.04. The van der Waals surface area contributed by atoms with Crippen LogP contribution in [0, 0.1) is 0 Å². The standard InChI is InChI=1S/C15H29N5S/c1-5-9-10-12-21-15-18-13(16-11-6-2)17-14(19-15)20(7-3)8-4/h5-12H2,1-4H3,(H,16,17,18,19). The number of nitrogens with zero attached hydrogens (tertiary/aromatic N) is 4. The lowest BCUT2D eigenvalue weighted by Gasteiger charge is -2.19. The zero-order valence-corrected chi connectivity index (χ0v) is 14.7. The zero-order valence-electron chi connectivity index (χ0n) is 13.9. The van der Waals surface area contributed by atoms with Crippen molar-refractivity contribution in [3.8, 4) is 0 Å². The Labute approximate surface area is 133 Å². The summed E-state index contributed by atoms with van der Waals surface area (Å²) in [6, 6.07) is 0. The fraction of sp³-hybridized carbons (Fsp3) is 0.800. The fourth-order valence-electron chi connectivity index (χ4n) is 1.89. The predicted molar refractivity (Wildman–Crippen MR) is 92.4 cm³/mol. The van der Waals surface area contributed by atoms with Crippen LogP contribution in [-0.2, 0) is 0 Å². The van der Waals surface area contributed by atoms with Gasteiger partial charge in [-0.3, -0.25) is 0 Å². The largest absolute Gasteiger partial charge is 0.354 e. The summed E-state index contributed by atoms with van der Waals surface area (Å²) in [7, 11) is 0. The van der Waals surface area contributed by atoms with E-state index in [1.165, 1.54) is 19.3 Å². The average molecular weight is 311 g/mol. The van der Waals surface area contributed by atoms with Gasteiger partial charge in [-0.15, -0.1) is 0 Å². The van der Waals surface area contributed by atoms with Crippen molar-refractivity contribution in [2.24, 2.45) is 0 Å². The number of hydrogen-bond acceptors (Lipinski definition) is 6. The lowest BCUT2D eigenvalue weighted by atomic mass is 10.3. The third-order valence-electron chi connectivity index (χ3n) is 3.16. The van der Waals surface area contributed by atoms with Crippen LogP contribution in [0.5, 0.6) is 0 Å². The van der Waals surface area contributed by atoms with Crippen molar-refractivity contribution in [3.05, 3.63) is 0 Å². The van der Waals surface area contributed by atoms with Crippen LogP contribution in [-0.4, -0.2) is 40.3 Å². The molecule has 0 atom stereocenters. The molecule has 6 heteroatoms. The molecule has 0 amide bonds. The van der Waals surface area contributed by atoms with Gasteiger partial charge >= 0.3 is 0 Å². The van der Waals surface area contributed by atoms with Crippen LogP contribution >= 0.6 is 11.8 Å². The van der Waals surface area contributed by atoms with Crippen molar-refractivity contribution >= 4 is 23.7 Å². The van der Waals surface area contributed by atoms with E-state index in [1.807, 2.05) is 0 Å². The van der Waals surface area contributed by atoms with Crippen LogP contribution < -0.4 is 10.2 Å². The van der Waals surface area contributed by atoms with Crippen molar-refractivity contribution in [1.82, 2.24) is 15.0 Å². The summed E-state index contributed by atoms with van der Waals surface area (Å²) in [5.74, 6) is 2.56. The number of hydrogen-bond donors (Lipinski definition) is 1. The summed E-state index contributed by atoms with van der Waals surface area (Å²) in [5, 5.41) is 4.11. The van der Waals surface area contributed by atoms with E-state index < -0.39 is 0 Å². The maximum absolute atomic E-state index is 4.61. The minimum atomic E-state index is 0.701. The molecule has 1 aromatic rings. The number of unbranched alkanes of at least 4 members (excludes halogenated alkanes) is 2. The van der Waals surface area contributed by atoms with Gasteiger partial charge in [0.2, 0.25) is 11.9 Å². The first kappa shape index (κ1) is 18.0. The van der Waals surface area contributed by atoms with E-state index in [2.05, 4.69) is 52.9 Å². The Bertz CT molecular complexity index is 396. The van der Waals surface area contributed by atoms with Crippen LogP contribution in [0.4, 0.5) is 11.9 Å². The van der Waals surface area contributed by atoms with Gasteiger partial charge in [0, 0.05) is 25.4 Å². The summed E-state index contributed by atoms with van der Waals surface area (Å²) in [6.07, 6.45) is 4.78. The monoisotopic (exact) mass is 311 g/mol. The molecule has 0 aromatic carbocycles. The molecule has 1 rings (SSSR count). The molecule has 1 N–H and O–H groups in total. The smallest absolute Gasteiger partial charge is 0.231 e. The molecule has 0 bridgehead atoms. The Morgan fingerprint density at radius 3 is 2.33 bits per heavy atom. The molecule has 5 nitrogen and oxygen atoms in total. The molecule has 21 heavy (non-hydrogen) atoms. The van der Waals surface area contributed by atoms with Crippen molar-refractivity contribution in [2.75, 3.05) is 35.6 Å². The highest BCUT2D eigenvalue weighted by molar-refractivity contribution is 7.99. The van der Waals surface area contributed by atoms with E-state index in [4.69, 9.17) is 0 Å². The quantitative estimate of drug-likeness (QED) is 0.495. The van der Waals surface area contributed by atoms with Gasteiger partial charge in [0.25, 0.3) is 0 Å². The molecule has 0 aliphatic rings. The topological polar surface area (TPSA) is 53.9 Å². The summed E-state index contributed by atoms with van der Waals surface area (Å²) < 4.78 is 0. The van der Waals surface area contributed by atoms with Crippen molar-refractivity contribution in [1.29, 1.82) is 0 Å². The highest BCUT2D eigenvalue weighted by Crippen LogP contribution is 2.20. The fourth-order valence-corrected chi connectivity index (χ4v) is 2.72. The molecular weight excluding hydrogens is 282 g/mol. The summed E-state index contributed by atoms with van der Waals surface area (Å²) in [5.41, 5.74) is 0. The second-order valence-corrected chi connectivity index (χ2v) is 5.96. The lowest BCUT2D eigenvalue weighted by molar-refractivity contribution is 0.769. The summed E-state index contributed by atoms with van der Waals surface area (Å²) in [4.78, 5) is 15.8.